The molecule has 0 fully saturated rings. The van der Waals surface area contributed by atoms with Crippen molar-refractivity contribution in [1.82, 2.24) is 19.8 Å². The van der Waals surface area contributed by atoms with E-state index in [1.807, 2.05) is 19.6 Å². The van der Waals surface area contributed by atoms with E-state index in [1.165, 1.54) is 18.7 Å². The summed E-state index contributed by atoms with van der Waals surface area (Å²) in [5.74, 6) is 0. The Balaban J connectivity index is 2.66. The predicted molar refractivity (Wildman–Crippen MR) is 76.7 cm³/mol. The molecule has 0 atom stereocenters. The molecular formula is C14H28N4. The molecule has 1 rings (SSSR count). The zero-order valence-corrected chi connectivity index (χ0v) is 12.5. The first kappa shape index (κ1) is 15.2. The van der Waals surface area contributed by atoms with Gasteiger partial charge in [-0.15, -0.1) is 0 Å². The lowest BCUT2D eigenvalue weighted by atomic mass is 10.0. The Morgan fingerprint density at radius 1 is 1.33 bits per heavy atom. The molecule has 4 nitrogen and oxygen atoms in total. The van der Waals surface area contributed by atoms with Gasteiger partial charge in [-0.05, 0) is 40.4 Å². The SMILES string of the molecule is CCCN(CC)CCn1cncc1C(C)(C)NC. The Morgan fingerprint density at radius 3 is 2.61 bits per heavy atom. The normalized spacial score (nSPS) is 12.3. The summed E-state index contributed by atoms with van der Waals surface area (Å²) in [6.07, 6.45) is 5.12. The van der Waals surface area contributed by atoms with Crippen LogP contribution in [0.3, 0.4) is 0 Å². The maximum atomic E-state index is 4.29. The Kier molecular flexibility index (Phi) is 5.82. The van der Waals surface area contributed by atoms with Gasteiger partial charge >= 0.3 is 0 Å². The lowest BCUT2D eigenvalue weighted by molar-refractivity contribution is 0.271. The van der Waals surface area contributed by atoms with Crippen LogP contribution in [0.4, 0.5) is 0 Å². The first-order valence-electron chi connectivity index (χ1n) is 6.97. The van der Waals surface area contributed by atoms with E-state index in [4.69, 9.17) is 0 Å². The highest BCUT2D eigenvalue weighted by atomic mass is 15.2. The fourth-order valence-electron chi connectivity index (χ4n) is 2.14. The molecule has 0 bridgehead atoms. The lowest BCUT2D eigenvalue weighted by Crippen LogP contribution is -2.36. The summed E-state index contributed by atoms with van der Waals surface area (Å²) in [6, 6.07) is 0. The largest absolute Gasteiger partial charge is 0.332 e. The molecule has 1 heterocycles. The molecule has 0 amide bonds. The van der Waals surface area contributed by atoms with E-state index in [-0.39, 0.29) is 5.54 Å². The van der Waals surface area contributed by atoms with E-state index in [9.17, 15) is 0 Å². The third-order valence-corrected chi connectivity index (χ3v) is 3.62. The van der Waals surface area contributed by atoms with Gasteiger partial charge in [0.05, 0.1) is 17.6 Å². The van der Waals surface area contributed by atoms with Crippen LogP contribution in [0.2, 0.25) is 0 Å². The van der Waals surface area contributed by atoms with Crippen molar-refractivity contribution in [3.8, 4) is 0 Å². The molecule has 1 aromatic rings. The average Bonchev–Trinajstić information content (AvgIpc) is 2.83. The minimum Gasteiger partial charge on any atom is -0.332 e. The second-order valence-corrected chi connectivity index (χ2v) is 5.28. The Bertz CT molecular complexity index is 343. The third kappa shape index (κ3) is 3.82. The van der Waals surface area contributed by atoms with Gasteiger partial charge in [-0.1, -0.05) is 13.8 Å². The predicted octanol–water partition coefficient (Wildman–Crippen LogP) is 2.07. The molecule has 0 radical (unpaired) electrons. The quantitative estimate of drug-likeness (QED) is 0.769. The number of hydrogen-bond acceptors (Lipinski definition) is 3. The first-order valence-corrected chi connectivity index (χ1v) is 6.97. The second kappa shape index (κ2) is 6.90. The summed E-state index contributed by atoms with van der Waals surface area (Å²) in [5, 5.41) is 3.34. The van der Waals surface area contributed by atoms with E-state index in [0.29, 0.717) is 0 Å². The Labute approximate surface area is 111 Å². The topological polar surface area (TPSA) is 33.1 Å². The molecule has 0 aliphatic heterocycles. The van der Waals surface area contributed by atoms with Crippen LogP contribution in [0.5, 0.6) is 0 Å². The second-order valence-electron chi connectivity index (χ2n) is 5.28. The molecule has 104 valence electrons. The minimum absolute atomic E-state index is 0.0295. The van der Waals surface area contributed by atoms with Crippen molar-refractivity contribution < 1.29 is 0 Å². The standard InChI is InChI=1S/C14H28N4/c1-6-8-17(7-2)9-10-18-12-16-11-13(18)14(3,4)15-5/h11-12,15H,6-10H2,1-5H3. The van der Waals surface area contributed by atoms with Gasteiger partial charge in [0.2, 0.25) is 0 Å². The van der Waals surface area contributed by atoms with Crippen molar-refractivity contribution in [2.24, 2.45) is 0 Å². The van der Waals surface area contributed by atoms with Gasteiger partial charge in [0.15, 0.2) is 0 Å². The van der Waals surface area contributed by atoms with Gasteiger partial charge in [0, 0.05) is 19.3 Å². The number of rotatable bonds is 8. The first-order chi connectivity index (χ1) is 8.55. The molecule has 4 heteroatoms. The van der Waals surface area contributed by atoms with Crippen LogP contribution in [0.15, 0.2) is 12.5 Å². The number of hydrogen-bond donors (Lipinski definition) is 1. The van der Waals surface area contributed by atoms with Crippen molar-refractivity contribution in [3.63, 3.8) is 0 Å². The number of nitrogens with zero attached hydrogens (tertiary/aromatic N) is 3. The number of imidazole rings is 1. The van der Waals surface area contributed by atoms with Crippen LogP contribution in [0.1, 0.15) is 39.8 Å². The highest BCUT2D eigenvalue weighted by Gasteiger charge is 2.22. The smallest absolute Gasteiger partial charge is 0.0949 e. The molecule has 18 heavy (non-hydrogen) atoms. The van der Waals surface area contributed by atoms with Gasteiger partial charge < -0.3 is 14.8 Å². The molecular weight excluding hydrogens is 224 g/mol. The fraction of sp³-hybridized carbons (Fsp3) is 0.786. The number of aromatic nitrogens is 2. The zero-order chi connectivity index (χ0) is 13.6. The van der Waals surface area contributed by atoms with Gasteiger partial charge in [-0.2, -0.15) is 0 Å². The highest BCUT2D eigenvalue weighted by molar-refractivity contribution is 5.10. The third-order valence-electron chi connectivity index (χ3n) is 3.62. The van der Waals surface area contributed by atoms with E-state index in [2.05, 4.69) is 47.5 Å². The van der Waals surface area contributed by atoms with Crippen molar-refractivity contribution >= 4 is 0 Å². The summed E-state index contributed by atoms with van der Waals surface area (Å²) >= 11 is 0. The van der Waals surface area contributed by atoms with Crippen LogP contribution < -0.4 is 5.32 Å². The summed E-state index contributed by atoms with van der Waals surface area (Å²) in [5.41, 5.74) is 1.22. The van der Waals surface area contributed by atoms with Crippen molar-refractivity contribution in [2.45, 2.75) is 46.2 Å². The van der Waals surface area contributed by atoms with Crippen molar-refractivity contribution in [2.75, 3.05) is 26.7 Å². The number of likely N-dealkylation sites (N-methyl/N-ethyl adjacent to an activating group) is 1. The van der Waals surface area contributed by atoms with Gasteiger partial charge in [0.1, 0.15) is 0 Å². The zero-order valence-electron chi connectivity index (χ0n) is 12.5. The van der Waals surface area contributed by atoms with Gasteiger partial charge in [-0.3, -0.25) is 0 Å². The molecule has 0 saturated heterocycles. The average molecular weight is 252 g/mol. The van der Waals surface area contributed by atoms with Crippen molar-refractivity contribution in [3.05, 3.63) is 18.2 Å². The minimum atomic E-state index is -0.0295. The van der Waals surface area contributed by atoms with Crippen LogP contribution in [0, 0.1) is 0 Å². The maximum absolute atomic E-state index is 4.29. The maximum Gasteiger partial charge on any atom is 0.0949 e. The fourth-order valence-corrected chi connectivity index (χ4v) is 2.14. The van der Waals surface area contributed by atoms with E-state index < -0.39 is 0 Å². The summed E-state index contributed by atoms with van der Waals surface area (Å²) < 4.78 is 2.26. The van der Waals surface area contributed by atoms with Gasteiger partial charge in [0.25, 0.3) is 0 Å². The number of nitrogens with one attached hydrogen (secondary N) is 1. The molecule has 0 saturated carbocycles. The molecule has 0 unspecified atom stereocenters. The summed E-state index contributed by atoms with van der Waals surface area (Å²) in [4.78, 5) is 6.77. The lowest BCUT2D eigenvalue weighted by Gasteiger charge is -2.27. The molecule has 1 N–H and O–H groups in total. The van der Waals surface area contributed by atoms with Crippen LogP contribution >= 0.6 is 0 Å². The highest BCUT2D eigenvalue weighted by Crippen LogP contribution is 2.18. The van der Waals surface area contributed by atoms with E-state index >= 15 is 0 Å². The van der Waals surface area contributed by atoms with Gasteiger partial charge in [-0.25, -0.2) is 4.98 Å². The summed E-state index contributed by atoms with van der Waals surface area (Å²) in [6.45, 7) is 13.2. The molecule has 1 aromatic heterocycles. The molecule has 0 aliphatic carbocycles. The summed E-state index contributed by atoms with van der Waals surface area (Å²) in [7, 11) is 1.99. The van der Waals surface area contributed by atoms with Crippen LogP contribution in [0.25, 0.3) is 0 Å². The van der Waals surface area contributed by atoms with Crippen LogP contribution in [-0.4, -0.2) is 41.1 Å². The van der Waals surface area contributed by atoms with Crippen LogP contribution in [-0.2, 0) is 12.1 Å². The Hall–Kier alpha value is -0.870. The molecule has 0 aromatic carbocycles. The Morgan fingerprint density at radius 2 is 2.06 bits per heavy atom. The van der Waals surface area contributed by atoms with E-state index in [0.717, 1.165) is 19.6 Å². The molecule has 0 spiro atoms. The monoisotopic (exact) mass is 252 g/mol. The van der Waals surface area contributed by atoms with E-state index in [1.54, 1.807) is 0 Å². The molecule has 0 aliphatic rings. The van der Waals surface area contributed by atoms with Crippen molar-refractivity contribution in [1.29, 1.82) is 0 Å².